The summed E-state index contributed by atoms with van der Waals surface area (Å²) in [5, 5.41) is 0. The SMILES string of the molecule is COC(CCCCCCCC[P+](C)(C)C)OC. The highest BCUT2D eigenvalue weighted by Crippen LogP contribution is 2.47. The van der Waals surface area contributed by atoms with Gasteiger partial charge in [0, 0.05) is 41.5 Å². The van der Waals surface area contributed by atoms with Crippen LogP contribution in [0, 0.1) is 0 Å². The highest BCUT2D eigenvalue weighted by atomic mass is 31.2. The van der Waals surface area contributed by atoms with Crippen LogP contribution in [0.15, 0.2) is 0 Å². The van der Waals surface area contributed by atoms with Gasteiger partial charge in [0.15, 0.2) is 6.29 Å². The molecule has 2 nitrogen and oxygen atoms in total. The van der Waals surface area contributed by atoms with Gasteiger partial charge < -0.3 is 9.47 Å². The smallest absolute Gasteiger partial charge is 0.156 e. The summed E-state index contributed by atoms with van der Waals surface area (Å²) >= 11 is 0. The van der Waals surface area contributed by atoms with Gasteiger partial charge in [0.1, 0.15) is 0 Å². The van der Waals surface area contributed by atoms with E-state index in [2.05, 4.69) is 20.0 Å². The van der Waals surface area contributed by atoms with Crippen molar-refractivity contribution < 1.29 is 9.47 Å². The summed E-state index contributed by atoms with van der Waals surface area (Å²) in [7, 11) is 2.89. The Bertz CT molecular complexity index is 162. The van der Waals surface area contributed by atoms with Crippen LogP contribution >= 0.6 is 7.26 Å². The predicted octanol–water partition coefficient (Wildman–Crippen LogP) is 4.24. The lowest BCUT2D eigenvalue weighted by Gasteiger charge is -2.13. The first-order valence-electron chi connectivity index (χ1n) is 6.85. The van der Waals surface area contributed by atoms with Gasteiger partial charge in [0.05, 0.1) is 6.16 Å². The molecule has 0 aliphatic rings. The van der Waals surface area contributed by atoms with Crippen molar-refractivity contribution in [2.75, 3.05) is 40.4 Å². The first-order chi connectivity index (χ1) is 7.99. The lowest BCUT2D eigenvalue weighted by Crippen LogP contribution is -2.12. The molecular weight excluding hydrogens is 231 g/mol. The molecule has 0 amide bonds. The van der Waals surface area contributed by atoms with Crippen LogP contribution in [0.4, 0.5) is 0 Å². The molecule has 17 heavy (non-hydrogen) atoms. The van der Waals surface area contributed by atoms with Crippen molar-refractivity contribution in [3.63, 3.8) is 0 Å². The number of hydrogen-bond acceptors (Lipinski definition) is 2. The largest absolute Gasteiger partial charge is 0.356 e. The van der Waals surface area contributed by atoms with Crippen molar-refractivity contribution in [1.29, 1.82) is 0 Å². The third-order valence-corrected chi connectivity index (χ3v) is 4.70. The number of hydrogen-bond donors (Lipinski definition) is 0. The van der Waals surface area contributed by atoms with Crippen molar-refractivity contribution in [3.05, 3.63) is 0 Å². The lowest BCUT2D eigenvalue weighted by molar-refractivity contribution is -0.107. The van der Waals surface area contributed by atoms with Crippen molar-refractivity contribution in [1.82, 2.24) is 0 Å². The third-order valence-electron chi connectivity index (χ3n) is 3.04. The number of methoxy groups -OCH3 is 2. The Labute approximate surface area is 109 Å². The first kappa shape index (κ1) is 17.4. The number of rotatable bonds is 11. The summed E-state index contributed by atoms with van der Waals surface area (Å²) in [6, 6.07) is 0. The Morgan fingerprint density at radius 1 is 0.765 bits per heavy atom. The van der Waals surface area contributed by atoms with Crippen molar-refractivity contribution in [2.45, 2.75) is 51.2 Å². The third kappa shape index (κ3) is 12.6. The van der Waals surface area contributed by atoms with E-state index in [1.165, 1.54) is 44.7 Å². The van der Waals surface area contributed by atoms with Crippen LogP contribution in [0.1, 0.15) is 44.9 Å². The van der Waals surface area contributed by atoms with Gasteiger partial charge in [-0.1, -0.05) is 19.3 Å². The van der Waals surface area contributed by atoms with Gasteiger partial charge in [-0.05, 0) is 25.7 Å². The van der Waals surface area contributed by atoms with Crippen LogP contribution in [0.3, 0.4) is 0 Å². The fraction of sp³-hybridized carbons (Fsp3) is 1.00. The normalized spacial score (nSPS) is 12.4. The molecule has 0 unspecified atom stereocenters. The average Bonchev–Trinajstić information content (AvgIpc) is 2.26. The molecule has 0 radical (unpaired) electrons. The van der Waals surface area contributed by atoms with Crippen molar-refractivity contribution in [3.8, 4) is 0 Å². The number of unbranched alkanes of at least 4 members (excludes halogenated alkanes) is 5. The van der Waals surface area contributed by atoms with E-state index < -0.39 is 7.26 Å². The monoisotopic (exact) mass is 263 g/mol. The topological polar surface area (TPSA) is 18.5 Å². The van der Waals surface area contributed by atoms with E-state index in [1.807, 2.05) is 0 Å². The highest BCUT2D eigenvalue weighted by molar-refractivity contribution is 7.73. The zero-order chi connectivity index (χ0) is 13.1. The molecule has 0 saturated carbocycles. The van der Waals surface area contributed by atoms with E-state index in [9.17, 15) is 0 Å². The zero-order valence-corrected chi connectivity index (χ0v) is 13.4. The molecule has 0 spiro atoms. The Hall–Kier alpha value is 0.350. The molecule has 0 aliphatic heterocycles. The van der Waals surface area contributed by atoms with Gasteiger partial charge in [-0.15, -0.1) is 0 Å². The fourth-order valence-electron chi connectivity index (χ4n) is 1.94. The maximum atomic E-state index is 5.16. The quantitative estimate of drug-likeness (QED) is 0.315. The lowest BCUT2D eigenvalue weighted by atomic mass is 10.1. The molecule has 0 saturated heterocycles. The predicted molar refractivity (Wildman–Crippen MR) is 79.7 cm³/mol. The maximum absolute atomic E-state index is 5.16. The second-order valence-corrected chi connectivity index (χ2v) is 10.9. The van der Waals surface area contributed by atoms with Crippen LogP contribution in [0.25, 0.3) is 0 Å². The molecule has 0 aromatic carbocycles. The summed E-state index contributed by atoms with van der Waals surface area (Å²) < 4.78 is 10.3. The molecule has 0 rings (SSSR count). The minimum absolute atomic E-state index is 0.000639. The minimum atomic E-state index is -0.532. The molecule has 0 aromatic heterocycles. The molecule has 0 bridgehead atoms. The summed E-state index contributed by atoms with van der Waals surface area (Å²) in [6.45, 7) is 7.30. The first-order valence-corrected chi connectivity index (χ1v) is 10.2. The fourth-order valence-corrected chi connectivity index (χ4v) is 3.11. The molecule has 0 N–H and O–H groups in total. The van der Waals surface area contributed by atoms with E-state index in [-0.39, 0.29) is 6.29 Å². The second kappa shape index (κ2) is 10.3. The maximum Gasteiger partial charge on any atom is 0.156 e. The zero-order valence-electron chi connectivity index (χ0n) is 12.5. The van der Waals surface area contributed by atoms with Crippen molar-refractivity contribution >= 4 is 7.26 Å². The Morgan fingerprint density at radius 3 is 1.71 bits per heavy atom. The molecular formula is C14H32O2P+. The molecule has 3 heteroatoms. The van der Waals surface area contributed by atoms with Gasteiger partial charge in [0.25, 0.3) is 0 Å². The Balaban J connectivity index is 3.19. The van der Waals surface area contributed by atoms with Crippen LogP contribution in [-0.4, -0.2) is 46.7 Å². The standard InChI is InChI=1S/C14H32O2P/c1-15-14(16-2)12-10-8-6-7-9-11-13-17(3,4)5/h14H,6-13H2,1-5H3/q+1. The molecule has 0 atom stereocenters. The van der Waals surface area contributed by atoms with E-state index in [1.54, 1.807) is 14.2 Å². The molecule has 0 fully saturated rings. The summed E-state index contributed by atoms with van der Waals surface area (Å²) in [6.07, 6.45) is 10.6. The van der Waals surface area contributed by atoms with Gasteiger partial charge >= 0.3 is 0 Å². The average molecular weight is 263 g/mol. The van der Waals surface area contributed by atoms with Gasteiger partial charge in [-0.25, -0.2) is 0 Å². The van der Waals surface area contributed by atoms with Crippen LogP contribution in [0.2, 0.25) is 0 Å². The number of ether oxygens (including phenoxy) is 2. The van der Waals surface area contributed by atoms with Crippen molar-refractivity contribution in [2.24, 2.45) is 0 Å². The summed E-state index contributed by atoms with van der Waals surface area (Å²) in [4.78, 5) is 0. The van der Waals surface area contributed by atoms with E-state index >= 15 is 0 Å². The van der Waals surface area contributed by atoms with Gasteiger partial charge in [-0.3, -0.25) is 0 Å². The minimum Gasteiger partial charge on any atom is -0.356 e. The van der Waals surface area contributed by atoms with E-state index in [0.717, 1.165) is 6.42 Å². The van der Waals surface area contributed by atoms with Gasteiger partial charge in [0.2, 0.25) is 0 Å². The van der Waals surface area contributed by atoms with E-state index in [4.69, 9.17) is 9.47 Å². The Morgan fingerprint density at radius 2 is 1.24 bits per heavy atom. The molecule has 0 aliphatic carbocycles. The molecule has 104 valence electrons. The highest BCUT2D eigenvalue weighted by Gasteiger charge is 2.15. The molecule has 0 heterocycles. The Kier molecular flexibility index (Phi) is 10.5. The summed E-state index contributed by atoms with van der Waals surface area (Å²) in [5.74, 6) is 0. The van der Waals surface area contributed by atoms with E-state index in [0.29, 0.717) is 0 Å². The van der Waals surface area contributed by atoms with Gasteiger partial charge in [-0.2, -0.15) is 0 Å². The molecule has 0 aromatic rings. The van der Waals surface area contributed by atoms with Crippen LogP contribution in [-0.2, 0) is 9.47 Å². The van der Waals surface area contributed by atoms with Crippen LogP contribution < -0.4 is 0 Å². The second-order valence-electron chi connectivity index (χ2n) is 5.82. The summed E-state index contributed by atoms with van der Waals surface area (Å²) in [5.41, 5.74) is 0. The van der Waals surface area contributed by atoms with Crippen LogP contribution in [0.5, 0.6) is 0 Å².